The molecule has 2 amide bonds. The van der Waals surface area contributed by atoms with Gasteiger partial charge in [0.2, 0.25) is 0 Å². The number of amides is 2. The van der Waals surface area contributed by atoms with E-state index in [1.165, 1.54) is 18.2 Å². The summed E-state index contributed by atoms with van der Waals surface area (Å²) in [5.41, 5.74) is 0.316. The van der Waals surface area contributed by atoms with Crippen LogP contribution < -0.4 is 15.4 Å². The van der Waals surface area contributed by atoms with Crippen LogP contribution >= 0.6 is 0 Å². The highest BCUT2D eigenvalue weighted by atomic mass is 19.1. The van der Waals surface area contributed by atoms with Crippen LogP contribution in [0, 0.1) is 11.2 Å². The zero-order valence-corrected chi connectivity index (χ0v) is 17.3. The van der Waals surface area contributed by atoms with E-state index in [0.717, 1.165) is 6.54 Å². The molecule has 6 nitrogen and oxygen atoms in total. The highest BCUT2D eigenvalue weighted by Crippen LogP contribution is 2.20. The van der Waals surface area contributed by atoms with Crippen molar-refractivity contribution in [1.29, 1.82) is 0 Å². The topological polar surface area (TPSA) is 70.7 Å². The number of carbonyl (C=O) groups excluding carboxylic acids is 2. The Morgan fingerprint density at radius 1 is 1.07 bits per heavy atom. The minimum absolute atomic E-state index is 0.0789. The molecule has 0 aliphatic carbocycles. The van der Waals surface area contributed by atoms with Crippen LogP contribution in [0.1, 0.15) is 24.2 Å². The summed E-state index contributed by atoms with van der Waals surface area (Å²) in [6, 6.07) is 12.6. The molecule has 156 valence electrons. The Kier molecular flexibility index (Phi) is 7.73. The van der Waals surface area contributed by atoms with Crippen LogP contribution in [-0.4, -0.2) is 50.5 Å². The van der Waals surface area contributed by atoms with Crippen LogP contribution in [0.15, 0.2) is 48.5 Å². The second-order valence-electron chi connectivity index (χ2n) is 7.90. The van der Waals surface area contributed by atoms with E-state index in [1.54, 1.807) is 30.3 Å². The van der Waals surface area contributed by atoms with Crippen molar-refractivity contribution in [2.45, 2.75) is 13.8 Å². The highest BCUT2D eigenvalue weighted by Gasteiger charge is 2.21. The van der Waals surface area contributed by atoms with E-state index < -0.39 is 11.7 Å². The second kappa shape index (κ2) is 10.0. The van der Waals surface area contributed by atoms with Crippen LogP contribution in [-0.2, 0) is 4.79 Å². The molecule has 2 N–H and O–H groups in total. The Labute approximate surface area is 171 Å². The van der Waals surface area contributed by atoms with Gasteiger partial charge in [-0.2, -0.15) is 0 Å². The molecule has 0 saturated carbocycles. The Morgan fingerprint density at radius 3 is 2.41 bits per heavy atom. The van der Waals surface area contributed by atoms with Crippen LogP contribution in [0.4, 0.5) is 10.1 Å². The van der Waals surface area contributed by atoms with Crippen LogP contribution in [0.25, 0.3) is 0 Å². The highest BCUT2D eigenvalue weighted by molar-refractivity contribution is 5.97. The third-order valence-electron chi connectivity index (χ3n) is 4.11. The number of carbonyl (C=O) groups is 2. The predicted molar refractivity (Wildman–Crippen MR) is 112 cm³/mol. The summed E-state index contributed by atoms with van der Waals surface area (Å²) in [6.45, 7) is 5.12. The van der Waals surface area contributed by atoms with Crippen molar-refractivity contribution in [3.8, 4) is 5.75 Å². The fourth-order valence-corrected chi connectivity index (χ4v) is 3.00. The smallest absolute Gasteiger partial charge is 0.262 e. The number of hydrogen-bond donors (Lipinski definition) is 2. The molecule has 0 aliphatic heterocycles. The molecule has 0 spiro atoms. The molecule has 0 aliphatic rings. The lowest BCUT2D eigenvalue weighted by molar-refractivity contribution is -0.118. The van der Waals surface area contributed by atoms with Gasteiger partial charge in [-0.15, -0.1) is 0 Å². The van der Waals surface area contributed by atoms with Gasteiger partial charge in [-0.25, -0.2) is 4.39 Å². The first-order valence-electron chi connectivity index (χ1n) is 9.37. The second-order valence-corrected chi connectivity index (χ2v) is 7.90. The van der Waals surface area contributed by atoms with E-state index in [9.17, 15) is 14.0 Å². The lowest BCUT2D eigenvalue weighted by atomic mass is 9.93. The van der Waals surface area contributed by atoms with Gasteiger partial charge in [0.25, 0.3) is 11.8 Å². The summed E-state index contributed by atoms with van der Waals surface area (Å²) in [5.74, 6) is -1.03. The van der Waals surface area contributed by atoms with Gasteiger partial charge in [-0.3, -0.25) is 9.59 Å². The third kappa shape index (κ3) is 7.19. The Balaban J connectivity index is 1.96. The van der Waals surface area contributed by atoms with Crippen molar-refractivity contribution >= 4 is 17.5 Å². The molecular formula is C22H28FN3O3. The molecule has 2 aromatic carbocycles. The van der Waals surface area contributed by atoms with Crippen LogP contribution in [0.5, 0.6) is 5.75 Å². The number of nitrogens with one attached hydrogen (secondary N) is 2. The van der Waals surface area contributed by atoms with Crippen molar-refractivity contribution in [3.63, 3.8) is 0 Å². The molecule has 0 atom stereocenters. The predicted octanol–water partition coefficient (Wildman–Crippen LogP) is 3.16. The van der Waals surface area contributed by atoms with Gasteiger partial charge in [0.05, 0.1) is 11.3 Å². The molecule has 29 heavy (non-hydrogen) atoms. The first kappa shape index (κ1) is 22.4. The van der Waals surface area contributed by atoms with E-state index in [2.05, 4.69) is 29.4 Å². The fraction of sp³-hybridized carbons (Fsp3) is 0.364. The molecule has 0 unspecified atom stereocenters. The van der Waals surface area contributed by atoms with Gasteiger partial charge in [0, 0.05) is 13.1 Å². The van der Waals surface area contributed by atoms with E-state index in [4.69, 9.17) is 4.74 Å². The number of halogens is 1. The number of anilines is 1. The summed E-state index contributed by atoms with van der Waals surface area (Å²) in [6.07, 6.45) is 0. The number of rotatable bonds is 9. The van der Waals surface area contributed by atoms with E-state index in [-0.39, 0.29) is 23.6 Å². The van der Waals surface area contributed by atoms with Crippen LogP contribution in [0.3, 0.4) is 0 Å². The van der Waals surface area contributed by atoms with Crippen molar-refractivity contribution in [2.75, 3.05) is 39.1 Å². The maximum absolute atomic E-state index is 13.6. The van der Waals surface area contributed by atoms with Crippen molar-refractivity contribution in [1.82, 2.24) is 10.2 Å². The van der Waals surface area contributed by atoms with E-state index in [1.807, 2.05) is 14.1 Å². The molecule has 2 rings (SSSR count). The molecule has 0 saturated heterocycles. The molecule has 0 heterocycles. The van der Waals surface area contributed by atoms with Crippen molar-refractivity contribution < 1.29 is 18.7 Å². The number of benzene rings is 2. The zero-order chi connectivity index (χ0) is 21.4. The Hall–Kier alpha value is -2.93. The normalized spacial score (nSPS) is 11.2. The first-order chi connectivity index (χ1) is 13.7. The quantitative estimate of drug-likeness (QED) is 0.677. The largest absolute Gasteiger partial charge is 0.483 e. The third-order valence-corrected chi connectivity index (χ3v) is 4.11. The van der Waals surface area contributed by atoms with Gasteiger partial charge >= 0.3 is 0 Å². The Morgan fingerprint density at radius 2 is 1.72 bits per heavy atom. The molecule has 2 aromatic rings. The summed E-state index contributed by atoms with van der Waals surface area (Å²) in [5, 5.41) is 5.37. The number of para-hydroxylation sites is 2. The van der Waals surface area contributed by atoms with Crippen molar-refractivity contribution in [2.24, 2.45) is 5.41 Å². The Bertz CT molecular complexity index is 853. The van der Waals surface area contributed by atoms with Crippen LogP contribution in [0.2, 0.25) is 0 Å². The van der Waals surface area contributed by atoms with Gasteiger partial charge in [-0.1, -0.05) is 38.1 Å². The molecule has 0 aromatic heterocycles. The van der Waals surface area contributed by atoms with E-state index >= 15 is 0 Å². The molecule has 7 heteroatoms. The first-order valence-corrected chi connectivity index (χ1v) is 9.37. The van der Waals surface area contributed by atoms with Gasteiger partial charge in [0.15, 0.2) is 6.61 Å². The maximum Gasteiger partial charge on any atom is 0.262 e. The number of nitrogens with zero attached hydrogens (tertiary/aromatic N) is 1. The minimum atomic E-state index is -0.527. The van der Waals surface area contributed by atoms with E-state index in [0.29, 0.717) is 17.9 Å². The lowest BCUT2D eigenvalue weighted by Crippen LogP contribution is -2.40. The summed E-state index contributed by atoms with van der Waals surface area (Å²) < 4.78 is 19.2. The fourth-order valence-electron chi connectivity index (χ4n) is 3.00. The zero-order valence-electron chi connectivity index (χ0n) is 17.3. The average Bonchev–Trinajstić information content (AvgIpc) is 2.65. The van der Waals surface area contributed by atoms with Crippen molar-refractivity contribution in [3.05, 3.63) is 59.9 Å². The summed E-state index contributed by atoms with van der Waals surface area (Å²) in [4.78, 5) is 26.8. The number of hydrogen-bond acceptors (Lipinski definition) is 4. The lowest BCUT2D eigenvalue weighted by Gasteiger charge is -2.28. The summed E-state index contributed by atoms with van der Waals surface area (Å²) >= 11 is 0. The molecule has 0 radical (unpaired) electrons. The molecule has 0 bridgehead atoms. The maximum atomic E-state index is 13.6. The monoisotopic (exact) mass is 401 g/mol. The standard InChI is InChI=1S/C22H28FN3O3/c1-22(2,15-26(3)4)14-24-21(28)16-9-5-8-12-19(16)29-13-20(27)25-18-11-7-6-10-17(18)23/h5-12H,13-15H2,1-4H3,(H,24,28)(H,25,27). The minimum Gasteiger partial charge on any atom is -0.483 e. The number of ether oxygens (including phenoxy) is 1. The molecular weight excluding hydrogens is 373 g/mol. The van der Waals surface area contributed by atoms with Gasteiger partial charge in [-0.05, 0) is 43.8 Å². The average molecular weight is 401 g/mol. The SMILES string of the molecule is CN(C)CC(C)(C)CNC(=O)c1ccccc1OCC(=O)Nc1ccccc1F. The summed E-state index contributed by atoms with van der Waals surface area (Å²) in [7, 11) is 3.97. The van der Waals surface area contributed by atoms with Gasteiger partial charge in [0.1, 0.15) is 11.6 Å². The molecule has 0 fully saturated rings. The van der Waals surface area contributed by atoms with Gasteiger partial charge < -0.3 is 20.3 Å².